The van der Waals surface area contributed by atoms with Crippen LogP contribution in [0.5, 0.6) is 11.5 Å². The molecule has 3 rings (SSSR count). The first-order valence-corrected chi connectivity index (χ1v) is 6.58. The average molecular weight is 262 g/mol. The molecule has 1 aromatic rings. The molecule has 2 aliphatic rings. The van der Waals surface area contributed by atoms with Gasteiger partial charge in [-0.05, 0) is 37.1 Å². The van der Waals surface area contributed by atoms with E-state index in [1.165, 1.54) is 13.2 Å². The number of hydrogen-bond donors (Lipinski definition) is 2. The molecule has 2 saturated heterocycles. The Labute approximate surface area is 112 Å². The number of aromatic hydroxyl groups is 1. The van der Waals surface area contributed by atoms with Gasteiger partial charge in [0.1, 0.15) is 0 Å². The van der Waals surface area contributed by atoms with E-state index in [2.05, 4.69) is 5.32 Å². The van der Waals surface area contributed by atoms with Crippen molar-refractivity contribution in [3.63, 3.8) is 0 Å². The van der Waals surface area contributed by atoms with Crippen LogP contribution in [0.3, 0.4) is 0 Å². The molecule has 2 aliphatic heterocycles. The van der Waals surface area contributed by atoms with Crippen LogP contribution in [0.2, 0.25) is 0 Å². The first kappa shape index (κ1) is 12.3. The summed E-state index contributed by atoms with van der Waals surface area (Å²) in [7, 11) is 1.49. The Kier molecular flexibility index (Phi) is 3.06. The van der Waals surface area contributed by atoms with Crippen LogP contribution < -0.4 is 10.1 Å². The molecule has 5 nitrogen and oxygen atoms in total. The van der Waals surface area contributed by atoms with Crippen molar-refractivity contribution in [3.05, 3.63) is 23.8 Å². The molecule has 102 valence electrons. The molecule has 0 saturated carbocycles. The van der Waals surface area contributed by atoms with Gasteiger partial charge in [0.15, 0.2) is 11.5 Å². The van der Waals surface area contributed by atoms with Crippen molar-refractivity contribution in [1.29, 1.82) is 0 Å². The quantitative estimate of drug-likeness (QED) is 0.829. The molecule has 1 amide bonds. The van der Waals surface area contributed by atoms with Crippen molar-refractivity contribution >= 4 is 5.91 Å². The van der Waals surface area contributed by atoms with E-state index < -0.39 is 0 Å². The highest BCUT2D eigenvalue weighted by Crippen LogP contribution is 2.29. The zero-order chi connectivity index (χ0) is 13.4. The lowest BCUT2D eigenvalue weighted by molar-refractivity contribution is 0.0782. The van der Waals surface area contributed by atoms with Gasteiger partial charge in [-0.2, -0.15) is 0 Å². The van der Waals surface area contributed by atoms with E-state index in [9.17, 15) is 9.90 Å². The summed E-state index contributed by atoms with van der Waals surface area (Å²) in [5, 5.41) is 13.2. The van der Waals surface area contributed by atoms with Gasteiger partial charge in [-0.15, -0.1) is 0 Å². The summed E-state index contributed by atoms with van der Waals surface area (Å²) in [6, 6.07) is 5.24. The number of phenols is 1. The molecule has 1 aromatic carbocycles. The number of amides is 1. The molecule has 0 unspecified atom stereocenters. The van der Waals surface area contributed by atoms with Crippen LogP contribution in [-0.2, 0) is 0 Å². The van der Waals surface area contributed by atoms with Gasteiger partial charge in [-0.3, -0.25) is 4.79 Å². The molecule has 2 fully saturated rings. The lowest BCUT2D eigenvalue weighted by Gasteiger charge is -2.17. The van der Waals surface area contributed by atoms with Gasteiger partial charge >= 0.3 is 0 Å². The summed E-state index contributed by atoms with van der Waals surface area (Å²) in [5.74, 6) is 0.951. The van der Waals surface area contributed by atoms with Crippen molar-refractivity contribution in [2.75, 3.05) is 26.7 Å². The van der Waals surface area contributed by atoms with E-state index in [-0.39, 0.29) is 11.7 Å². The van der Waals surface area contributed by atoms with Gasteiger partial charge < -0.3 is 20.1 Å². The van der Waals surface area contributed by atoms with Crippen LogP contribution in [-0.4, -0.2) is 48.7 Å². The fraction of sp³-hybridized carbons (Fsp3) is 0.500. The summed E-state index contributed by atoms with van der Waals surface area (Å²) >= 11 is 0. The lowest BCUT2D eigenvalue weighted by atomic mass is 10.1. The highest BCUT2D eigenvalue weighted by molar-refractivity contribution is 5.95. The number of likely N-dealkylation sites (tertiary alicyclic amines) is 1. The smallest absolute Gasteiger partial charge is 0.254 e. The molecule has 19 heavy (non-hydrogen) atoms. The number of nitrogens with zero attached hydrogens (tertiary/aromatic N) is 1. The number of fused-ring (bicyclic) bond motifs is 1. The van der Waals surface area contributed by atoms with Crippen molar-refractivity contribution in [3.8, 4) is 11.5 Å². The van der Waals surface area contributed by atoms with E-state index in [0.717, 1.165) is 26.1 Å². The van der Waals surface area contributed by atoms with Crippen LogP contribution in [0.1, 0.15) is 16.8 Å². The van der Waals surface area contributed by atoms with E-state index in [4.69, 9.17) is 4.74 Å². The van der Waals surface area contributed by atoms with Gasteiger partial charge in [-0.25, -0.2) is 0 Å². The van der Waals surface area contributed by atoms with Crippen molar-refractivity contribution < 1.29 is 14.6 Å². The number of rotatable bonds is 2. The van der Waals surface area contributed by atoms with E-state index in [1.54, 1.807) is 12.1 Å². The van der Waals surface area contributed by atoms with Crippen molar-refractivity contribution in [2.24, 2.45) is 5.92 Å². The van der Waals surface area contributed by atoms with Crippen LogP contribution in [0.25, 0.3) is 0 Å². The van der Waals surface area contributed by atoms with Crippen LogP contribution in [0, 0.1) is 5.92 Å². The zero-order valence-corrected chi connectivity index (χ0v) is 10.9. The topological polar surface area (TPSA) is 61.8 Å². The van der Waals surface area contributed by atoms with Gasteiger partial charge in [0.2, 0.25) is 0 Å². The Morgan fingerprint density at radius 2 is 2.32 bits per heavy atom. The number of phenolic OH excluding ortho intramolecular Hbond substituents is 1. The molecule has 0 bridgehead atoms. The number of methoxy groups -OCH3 is 1. The molecule has 2 atom stereocenters. The summed E-state index contributed by atoms with van der Waals surface area (Å²) in [6.45, 7) is 2.63. The largest absolute Gasteiger partial charge is 0.504 e. The molecular weight excluding hydrogens is 244 g/mol. The Balaban J connectivity index is 1.75. The molecule has 0 spiro atoms. The Morgan fingerprint density at radius 1 is 1.47 bits per heavy atom. The third-order valence-corrected chi connectivity index (χ3v) is 4.08. The molecule has 5 heteroatoms. The summed E-state index contributed by atoms with van der Waals surface area (Å²) in [4.78, 5) is 14.2. The molecule has 0 radical (unpaired) electrons. The normalized spacial score (nSPS) is 25.4. The summed E-state index contributed by atoms with van der Waals surface area (Å²) < 4.78 is 4.98. The molecular formula is C14H18N2O3. The third kappa shape index (κ3) is 2.14. The van der Waals surface area contributed by atoms with Gasteiger partial charge in [0.05, 0.1) is 7.11 Å². The van der Waals surface area contributed by atoms with Gasteiger partial charge in [0.25, 0.3) is 5.91 Å². The second-order valence-electron chi connectivity index (χ2n) is 5.21. The Hall–Kier alpha value is -1.75. The number of carbonyl (C=O) groups is 1. The van der Waals surface area contributed by atoms with Crippen LogP contribution in [0.4, 0.5) is 0 Å². The average Bonchev–Trinajstić information content (AvgIpc) is 2.98. The Morgan fingerprint density at radius 3 is 3.00 bits per heavy atom. The fourth-order valence-electron chi connectivity index (χ4n) is 3.02. The molecule has 0 aliphatic carbocycles. The van der Waals surface area contributed by atoms with E-state index in [1.807, 2.05) is 4.90 Å². The standard InChI is InChI=1S/C14H18N2O3/c1-19-13-3-2-9(6-12(13)17)14(18)16-7-10-4-5-15-11(10)8-16/h2-3,6,10-11,15,17H,4-5,7-8H2,1H3/t10-,11+/m0/s1. The number of ether oxygens (including phenoxy) is 1. The van der Waals surface area contributed by atoms with Gasteiger partial charge in [-0.1, -0.05) is 0 Å². The number of hydrogen-bond acceptors (Lipinski definition) is 4. The zero-order valence-electron chi connectivity index (χ0n) is 10.9. The monoisotopic (exact) mass is 262 g/mol. The SMILES string of the molecule is COc1ccc(C(=O)N2C[C@@H]3CCN[C@@H]3C2)cc1O. The molecule has 2 N–H and O–H groups in total. The number of nitrogens with one attached hydrogen (secondary N) is 1. The van der Waals surface area contributed by atoms with E-state index in [0.29, 0.717) is 23.3 Å². The molecule has 0 aromatic heterocycles. The highest BCUT2D eigenvalue weighted by atomic mass is 16.5. The first-order chi connectivity index (χ1) is 9.19. The maximum absolute atomic E-state index is 12.4. The second kappa shape index (κ2) is 4.74. The second-order valence-corrected chi connectivity index (χ2v) is 5.21. The van der Waals surface area contributed by atoms with Crippen molar-refractivity contribution in [1.82, 2.24) is 10.2 Å². The summed E-state index contributed by atoms with van der Waals surface area (Å²) in [5.41, 5.74) is 0.512. The van der Waals surface area contributed by atoms with Gasteiger partial charge in [0, 0.05) is 24.7 Å². The lowest BCUT2D eigenvalue weighted by Crippen LogP contribution is -2.33. The predicted octanol–water partition coefficient (Wildman–Crippen LogP) is 0.835. The maximum Gasteiger partial charge on any atom is 0.254 e. The predicted molar refractivity (Wildman–Crippen MR) is 70.5 cm³/mol. The molecule has 2 heterocycles. The fourth-order valence-corrected chi connectivity index (χ4v) is 3.02. The Bertz CT molecular complexity index is 491. The van der Waals surface area contributed by atoms with Crippen LogP contribution in [0.15, 0.2) is 18.2 Å². The van der Waals surface area contributed by atoms with Crippen molar-refractivity contribution in [2.45, 2.75) is 12.5 Å². The minimum atomic E-state index is -0.0193. The number of benzene rings is 1. The summed E-state index contributed by atoms with van der Waals surface area (Å²) in [6.07, 6.45) is 1.14. The third-order valence-electron chi connectivity index (χ3n) is 4.08. The number of carbonyl (C=O) groups excluding carboxylic acids is 1. The van der Waals surface area contributed by atoms with Crippen LogP contribution >= 0.6 is 0 Å². The maximum atomic E-state index is 12.4. The van der Waals surface area contributed by atoms with E-state index >= 15 is 0 Å². The highest BCUT2D eigenvalue weighted by Gasteiger charge is 2.38. The first-order valence-electron chi connectivity index (χ1n) is 6.58. The minimum Gasteiger partial charge on any atom is -0.504 e. The minimum absolute atomic E-state index is 0.00543.